The van der Waals surface area contributed by atoms with Gasteiger partial charge in [-0.15, -0.1) is 11.6 Å². The summed E-state index contributed by atoms with van der Waals surface area (Å²) in [5.41, 5.74) is 1.63. The standard InChI is InChI=1S/C16H16ClFO3/c1-19-14-5-4-12(7-13(14)18)10-21-16-8-11(9-17)3-6-15(16)20-2/h3-8H,9-10H2,1-2H3. The van der Waals surface area contributed by atoms with Crippen LogP contribution < -0.4 is 14.2 Å². The van der Waals surface area contributed by atoms with Gasteiger partial charge in [0.1, 0.15) is 6.61 Å². The maximum Gasteiger partial charge on any atom is 0.165 e. The quantitative estimate of drug-likeness (QED) is 0.750. The van der Waals surface area contributed by atoms with Crippen molar-refractivity contribution in [3.05, 3.63) is 53.3 Å². The van der Waals surface area contributed by atoms with Gasteiger partial charge in [-0.2, -0.15) is 0 Å². The van der Waals surface area contributed by atoms with Gasteiger partial charge < -0.3 is 14.2 Å². The fourth-order valence-electron chi connectivity index (χ4n) is 1.88. The van der Waals surface area contributed by atoms with E-state index in [4.69, 9.17) is 25.8 Å². The number of methoxy groups -OCH3 is 2. The monoisotopic (exact) mass is 310 g/mol. The van der Waals surface area contributed by atoms with Crippen molar-refractivity contribution in [3.8, 4) is 17.2 Å². The summed E-state index contributed by atoms with van der Waals surface area (Å²) >= 11 is 5.81. The van der Waals surface area contributed by atoms with Crippen molar-refractivity contribution < 1.29 is 18.6 Å². The molecule has 0 radical (unpaired) electrons. The topological polar surface area (TPSA) is 27.7 Å². The Morgan fingerprint density at radius 1 is 0.905 bits per heavy atom. The second-order valence-electron chi connectivity index (χ2n) is 4.38. The van der Waals surface area contributed by atoms with Crippen LogP contribution >= 0.6 is 11.6 Å². The fraction of sp³-hybridized carbons (Fsp3) is 0.250. The molecule has 0 N–H and O–H groups in total. The van der Waals surface area contributed by atoms with Gasteiger partial charge in [-0.05, 0) is 35.4 Å². The average molecular weight is 311 g/mol. The van der Waals surface area contributed by atoms with Crippen molar-refractivity contribution in [1.82, 2.24) is 0 Å². The van der Waals surface area contributed by atoms with E-state index in [-0.39, 0.29) is 12.4 Å². The molecule has 0 aliphatic rings. The number of halogens is 2. The zero-order valence-corrected chi connectivity index (χ0v) is 12.6. The molecule has 0 unspecified atom stereocenters. The lowest BCUT2D eigenvalue weighted by molar-refractivity contribution is 0.283. The molecule has 0 aliphatic heterocycles. The van der Waals surface area contributed by atoms with Crippen LogP contribution in [0.15, 0.2) is 36.4 Å². The highest BCUT2D eigenvalue weighted by Gasteiger charge is 2.08. The molecule has 21 heavy (non-hydrogen) atoms. The van der Waals surface area contributed by atoms with Gasteiger partial charge in [-0.25, -0.2) is 4.39 Å². The summed E-state index contributed by atoms with van der Waals surface area (Å²) < 4.78 is 29.4. The highest BCUT2D eigenvalue weighted by atomic mass is 35.5. The van der Waals surface area contributed by atoms with Gasteiger partial charge in [0, 0.05) is 5.88 Å². The van der Waals surface area contributed by atoms with Gasteiger partial charge in [0.15, 0.2) is 23.1 Å². The summed E-state index contributed by atoms with van der Waals surface area (Å²) in [6.07, 6.45) is 0. The summed E-state index contributed by atoms with van der Waals surface area (Å²) in [5, 5.41) is 0. The van der Waals surface area contributed by atoms with Crippen molar-refractivity contribution >= 4 is 11.6 Å². The summed E-state index contributed by atoms with van der Waals surface area (Å²) in [5.74, 6) is 1.36. The van der Waals surface area contributed by atoms with Crippen LogP contribution in [0.5, 0.6) is 17.2 Å². The molecule has 0 heterocycles. The van der Waals surface area contributed by atoms with E-state index in [2.05, 4.69) is 0 Å². The van der Waals surface area contributed by atoms with Crippen molar-refractivity contribution in [2.24, 2.45) is 0 Å². The molecule has 3 nitrogen and oxygen atoms in total. The second kappa shape index (κ2) is 7.18. The molecule has 2 aromatic carbocycles. The van der Waals surface area contributed by atoms with Crippen LogP contribution in [0, 0.1) is 5.82 Å². The van der Waals surface area contributed by atoms with Gasteiger partial charge in [-0.3, -0.25) is 0 Å². The zero-order valence-electron chi connectivity index (χ0n) is 11.9. The van der Waals surface area contributed by atoms with E-state index in [1.54, 1.807) is 25.3 Å². The minimum atomic E-state index is -0.417. The summed E-state index contributed by atoms with van der Waals surface area (Å²) in [4.78, 5) is 0. The van der Waals surface area contributed by atoms with Gasteiger partial charge in [0.05, 0.1) is 14.2 Å². The minimum Gasteiger partial charge on any atom is -0.494 e. The van der Waals surface area contributed by atoms with Gasteiger partial charge in [0.2, 0.25) is 0 Å². The molecule has 112 valence electrons. The molecule has 0 aromatic heterocycles. The van der Waals surface area contributed by atoms with Crippen LogP contribution in [-0.4, -0.2) is 14.2 Å². The molecule has 2 aromatic rings. The van der Waals surface area contributed by atoms with Crippen molar-refractivity contribution in [2.75, 3.05) is 14.2 Å². The molecule has 0 amide bonds. The van der Waals surface area contributed by atoms with Crippen LogP contribution in [0.25, 0.3) is 0 Å². The lowest BCUT2D eigenvalue weighted by Gasteiger charge is -2.12. The Hall–Kier alpha value is -1.94. The van der Waals surface area contributed by atoms with E-state index in [9.17, 15) is 4.39 Å². The first-order valence-electron chi connectivity index (χ1n) is 6.36. The number of benzene rings is 2. The first-order valence-corrected chi connectivity index (χ1v) is 6.89. The molecule has 0 atom stereocenters. The largest absolute Gasteiger partial charge is 0.494 e. The average Bonchev–Trinajstić information content (AvgIpc) is 2.52. The van der Waals surface area contributed by atoms with E-state index in [1.807, 2.05) is 12.1 Å². The Morgan fingerprint density at radius 3 is 2.19 bits per heavy atom. The minimum absolute atomic E-state index is 0.209. The highest BCUT2D eigenvalue weighted by Crippen LogP contribution is 2.29. The Labute approximate surface area is 128 Å². The van der Waals surface area contributed by atoms with E-state index in [0.29, 0.717) is 22.9 Å². The number of rotatable bonds is 6. The lowest BCUT2D eigenvalue weighted by atomic mass is 10.2. The first kappa shape index (κ1) is 15.4. The smallest absolute Gasteiger partial charge is 0.165 e. The Bertz CT molecular complexity index is 616. The Balaban J connectivity index is 2.13. The molecule has 5 heteroatoms. The van der Waals surface area contributed by atoms with Crippen molar-refractivity contribution in [3.63, 3.8) is 0 Å². The number of hydrogen-bond donors (Lipinski definition) is 0. The van der Waals surface area contributed by atoms with Crippen molar-refractivity contribution in [2.45, 2.75) is 12.5 Å². The van der Waals surface area contributed by atoms with Gasteiger partial charge in [-0.1, -0.05) is 12.1 Å². The normalized spacial score (nSPS) is 10.3. The predicted octanol–water partition coefficient (Wildman–Crippen LogP) is 4.16. The van der Waals surface area contributed by atoms with E-state index in [1.165, 1.54) is 13.2 Å². The highest BCUT2D eigenvalue weighted by molar-refractivity contribution is 6.17. The van der Waals surface area contributed by atoms with Crippen LogP contribution in [0.4, 0.5) is 4.39 Å². The van der Waals surface area contributed by atoms with E-state index >= 15 is 0 Å². The third-order valence-corrected chi connectivity index (χ3v) is 3.30. The maximum atomic E-state index is 13.6. The fourth-order valence-corrected chi connectivity index (χ4v) is 2.04. The molecular weight excluding hydrogens is 295 g/mol. The summed E-state index contributed by atoms with van der Waals surface area (Å²) in [6, 6.07) is 10.2. The lowest BCUT2D eigenvalue weighted by Crippen LogP contribution is -1.99. The van der Waals surface area contributed by atoms with Crippen molar-refractivity contribution in [1.29, 1.82) is 0 Å². The Morgan fingerprint density at radius 2 is 1.57 bits per heavy atom. The molecule has 0 fully saturated rings. The van der Waals surface area contributed by atoms with Crippen LogP contribution in [0.3, 0.4) is 0 Å². The number of ether oxygens (including phenoxy) is 3. The maximum absolute atomic E-state index is 13.6. The molecule has 0 spiro atoms. The molecule has 0 saturated heterocycles. The molecule has 0 saturated carbocycles. The summed E-state index contributed by atoms with van der Waals surface area (Å²) in [6.45, 7) is 0.225. The van der Waals surface area contributed by atoms with Crippen LogP contribution in [0.1, 0.15) is 11.1 Å². The van der Waals surface area contributed by atoms with E-state index < -0.39 is 5.82 Å². The third kappa shape index (κ3) is 3.79. The first-order chi connectivity index (χ1) is 10.2. The molecule has 0 aliphatic carbocycles. The zero-order chi connectivity index (χ0) is 15.2. The Kier molecular flexibility index (Phi) is 5.28. The molecular formula is C16H16ClFO3. The van der Waals surface area contributed by atoms with E-state index in [0.717, 1.165) is 5.56 Å². The predicted molar refractivity (Wildman–Crippen MR) is 79.8 cm³/mol. The van der Waals surface area contributed by atoms with Gasteiger partial charge in [0.25, 0.3) is 0 Å². The molecule has 2 rings (SSSR count). The summed E-state index contributed by atoms with van der Waals surface area (Å²) in [7, 11) is 2.99. The van der Waals surface area contributed by atoms with Gasteiger partial charge >= 0.3 is 0 Å². The third-order valence-electron chi connectivity index (χ3n) is 2.99. The van der Waals surface area contributed by atoms with Crippen LogP contribution in [0.2, 0.25) is 0 Å². The number of alkyl halides is 1. The van der Waals surface area contributed by atoms with Crippen LogP contribution in [-0.2, 0) is 12.5 Å². The number of hydrogen-bond acceptors (Lipinski definition) is 3. The second-order valence-corrected chi connectivity index (χ2v) is 4.64. The molecule has 0 bridgehead atoms. The SMILES string of the molecule is COc1ccc(COc2cc(CCl)ccc2OC)cc1F.